The van der Waals surface area contributed by atoms with Crippen LogP contribution in [0, 0.1) is 0 Å². The maximum Gasteiger partial charge on any atom is 0.0645 e. The Morgan fingerprint density at radius 2 is 2.08 bits per heavy atom. The van der Waals surface area contributed by atoms with Crippen molar-refractivity contribution in [2.24, 2.45) is 5.73 Å². The van der Waals surface area contributed by atoms with E-state index in [4.69, 9.17) is 10.5 Å². The molecule has 1 fully saturated rings. The van der Waals surface area contributed by atoms with Crippen molar-refractivity contribution in [2.75, 3.05) is 26.3 Å². The van der Waals surface area contributed by atoms with Gasteiger partial charge >= 0.3 is 0 Å². The summed E-state index contributed by atoms with van der Waals surface area (Å²) in [6.07, 6.45) is 0. The normalized spacial score (nSPS) is 24.7. The zero-order valence-corrected chi connectivity index (χ0v) is 9.26. The maximum atomic E-state index is 6.00. The van der Waals surface area contributed by atoms with Crippen molar-refractivity contribution in [3.8, 4) is 0 Å². The van der Waals surface area contributed by atoms with E-state index in [0.29, 0.717) is 0 Å². The minimum atomic E-state index is -0.116. The molecule has 0 aliphatic carbocycles. The van der Waals surface area contributed by atoms with Crippen molar-refractivity contribution in [1.82, 2.24) is 4.90 Å². The highest BCUT2D eigenvalue weighted by molar-refractivity contribution is 4.89. The first-order valence-electron chi connectivity index (χ1n) is 4.93. The first kappa shape index (κ1) is 11.0. The molecule has 1 heterocycles. The Morgan fingerprint density at radius 1 is 1.46 bits per heavy atom. The molecule has 3 heteroatoms. The number of nitrogens with zero attached hydrogens (tertiary/aromatic N) is 1. The fourth-order valence-corrected chi connectivity index (χ4v) is 1.68. The van der Waals surface area contributed by atoms with Gasteiger partial charge in [0.15, 0.2) is 0 Å². The molecule has 78 valence electrons. The third kappa shape index (κ3) is 3.25. The van der Waals surface area contributed by atoms with Crippen LogP contribution in [0.15, 0.2) is 0 Å². The molecule has 13 heavy (non-hydrogen) atoms. The van der Waals surface area contributed by atoms with E-state index in [-0.39, 0.29) is 11.1 Å². The molecule has 1 rings (SSSR count). The Labute approximate surface area is 81.2 Å². The summed E-state index contributed by atoms with van der Waals surface area (Å²) in [5.41, 5.74) is 6.02. The van der Waals surface area contributed by atoms with E-state index in [1.54, 1.807) is 0 Å². The lowest BCUT2D eigenvalue weighted by Crippen LogP contribution is -2.58. The summed E-state index contributed by atoms with van der Waals surface area (Å²) in [5, 5.41) is 0. The molecule has 0 radical (unpaired) electrons. The van der Waals surface area contributed by atoms with Gasteiger partial charge in [0.1, 0.15) is 0 Å². The number of morpholine rings is 1. The maximum absolute atomic E-state index is 6.00. The van der Waals surface area contributed by atoms with Gasteiger partial charge in [-0.25, -0.2) is 0 Å². The van der Waals surface area contributed by atoms with Crippen LogP contribution >= 0.6 is 0 Å². The summed E-state index contributed by atoms with van der Waals surface area (Å²) in [6.45, 7) is 12.1. The van der Waals surface area contributed by atoms with Crippen LogP contribution in [-0.4, -0.2) is 42.3 Å². The van der Waals surface area contributed by atoms with Crippen LogP contribution in [0.5, 0.6) is 0 Å². The zero-order chi connectivity index (χ0) is 10.1. The van der Waals surface area contributed by atoms with Crippen LogP contribution in [0.1, 0.15) is 27.7 Å². The van der Waals surface area contributed by atoms with Crippen molar-refractivity contribution in [3.05, 3.63) is 0 Å². The number of hydrogen-bond donors (Lipinski definition) is 1. The SMILES string of the molecule is CC(C)(N)CN1CCOCC1(C)C. The Hall–Kier alpha value is -0.120. The molecule has 0 saturated carbocycles. The van der Waals surface area contributed by atoms with Gasteiger partial charge in [0.25, 0.3) is 0 Å². The van der Waals surface area contributed by atoms with Crippen LogP contribution in [0.3, 0.4) is 0 Å². The van der Waals surface area contributed by atoms with Crippen LogP contribution in [0.2, 0.25) is 0 Å². The smallest absolute Gasteiger partial charge is 0.0645 e. The molecular formula is C10H22N2O. The Bertz CT molecular complexity index is 172. The summed E-state index contributed by atoms with van der Waals surface area (Å²) in [7, 11) is 0. The third-order valence-corrected chi connectivity index (χ3v) is 2.42. The molecular weight excluding hydrogens is 164 g/mol. The van der Waals surface area contributed by atoms with Crippen molar-refractivity contribution in [3.63, 3.8) is 0 Å². The van der Waals surface area contributed by atoms with E-state index in [0.717, 1.165) is 26.3 Å². The summed E-state index contributed by atoms with van der Waals surface area (Å²) in [5.74, 6) is 0. The van der Waals surface area contributed by atoms with E-state index in [1.165, 1.54) is 0 Å². The molecule has 2 N–H and O–H groups in total. The van der Waals surface area contributed by atoms with Crippen molar-refractivity contribution in [1.29, 1.82) is 0 Å². The average Bonchev–Trinajstić information content (AvgIpc) is 1.91. The number of nitrogens with two attached hydrogens (primary N) is 1. The molecule has 0 amide bonds. The Morgan fingerprint density at radius 3 is 2.54 bits per heavy atom. The fraction of sp³-hybridized carbons (Fsp3) is 1.00. The van der Waals surface area contributed by atoms with Gasteiger partial charge < -0.3 is 10.5 Å². The van der Waals surface area contributed by atoms with E-state index in [2.05, 4.69) is 32.6 Å². The standard InChI is InChI=1S/C10H22N2O/c1-9(2,11)7-12-5-6-13-8-10(12,3)4/h5-8,11H2,1-4H3. The fourth-order valence-electron chi connectivity index (χ4n) is 1.68. The lowest BCUT2D eigenvalue weighted by molar-refractivity contribution is -0.0574. The Kier molecular flexibility index (Phi) is 3.00. The zero-order valence-electron chi connectivity index (χ0n) is 9.26. The predicted octanol–water partition coefficient (Wildman–Crippen LogP) is 0.834. The quantitative estimate of drug-likeness (QED) is 0.694. The van der Waals surface area contributed by atoms with E-state index < -0.39 is 0 Å². The van der Waals surface area contributed by atoms with Gasteiger partial charge in [0, 0.05) is 24.2 Å². The molecule has 0 atom stereocenters. The number of hydrogen-bond acceptors (Lipinski definition) is 3. The molecule has 0 bridgehead atoms. The largest absolute Gasteiger partial charge is 0.378 e. The predicted molar refractivity (Wildman–Crippen MR) is 54.7 cm³/mol. The number of ether oxygens (including phenoxy) is 1. The molecule has 0 unspecified atom stereocenters. The third-order valence-electron chi connectivity index (χ3n) is 2.42. The van der Waals surface area contributed by atoms with Gasteiger partial charge in [-0.15, -0.1) is 0 Å². The number of rotatable bonds is 2. The van der Waals surface area contributed by atoms with Gasteiger partial charge in [-0.3, -0.25) is 4.90 Å². The van der Waals surface area contributed by atoms with Gasteiger partial charge in [0.05, 0.1) is 13.2 Å². The first-order chi connectivity index (χ1) is 5.81. The van der Waals surface area contributed by atoms with E-state index >= 15 is 0 Å². The van der Waals surface area contributed by atoms with E-state index in [1.807, 2.05) is 0 Å². The summed E-state index contributed by atoms with van der Waals surface area (Å²) in [4.78, 5) is 2.41. The molecule has 1 aliphatic heterocycles. The van der Waals surface area contributed by atoms with Gasteiger partial charge in [0.2, 0.25) is 0 Å². The topological polar surface area (TPSA) is 38.5 Å². The molecule has 1 aliphatic rings. The van der Waals surface area contributed by atoms with Crippen LogP contribution < -0.4 is 5.73 Å². The lowest BCUT2D eigenvalue weighted by atomic mass is 9.98. The van der Waals surface area contributed by atoms with Crippen molar-refractivity contribution < 1.29 is 4.74 Å². The van der Waals surface area contributed by atoms with Gasteiger partial charge in [-0.05, 0) is 27.7 Å². The van der Waals surface area contributed by atoms with Gasteiger partial charge in [-0.1, -0.05) is 0 Å². The average molecular weight is 186 g/mol. The molecule has 0 aromatic rings. The summed E-state index contributed by atoms with van der Waals surface area (Å²) in [6, 6.07) is 0. The second-order valence-electron chi connectivity index (χ2n) is 5.28. The van der Waals surface area contributed by atoms with E-state index in [9.17, 15) is 0 Å². The van der Waals surface area contributed by atoms with Crippen molar-refractivity contribution in [2.45, 2.75) is 38.8 Å². The second-order valence-corrected chi connectivity index (χ2v) is 5.28. The molecule has 1 saturated heterocycles. The lowest BCUT2D eigenvalue weighted by Gasteiger charge is -2.44. The summed E-state index contributed by atoms with van der Waals surface area (Å²) >= 11 is 0. The minimum Gasteiger partial charge on any atom is -0.378 e. The highest BCUT2D eigenvalue weighted by Crippen LogP contribution is 2.20. The first-order valence-corrected chi connectivity index (χ1v) is 4.93. The molecule has 0 aromatic carbocycles. The molecule has 0 spiro atoms. The van der Waals surface area contributed by atoms with Gasteiger partial charge in [-0.2, -0.15) is 0 Å². The second kappa shape index (κ2) is 3.56. The highest BCUT2D eigenvalue weighted by atomic mass is 16.5. The van der Waals surface area contributed by atoms with Crippen LogP contribution in [0.25, 0.3) is 0 Å². The van der Waals surface area contributed by atoms with Crippen LogP contribution in [-0.2, 0) is 4.74 Å². The molecule has 0 aromatic heterocycles. The highest BCUT2D eigenvalue weighted by Gasteiger charge is 2.32. The minimum absolute atomic E-state index is 0.116. The summed E-state index contributed by atoms with van der Waals surface area (Å²) < 4.78 is 5.45. The van der Waals surface area contributed by atoms with Crippen LogP contribution in [0.4, 0.5) is 0 Å². The Balaban J connectivity index is 2.56. The van der Waals surface area contributed by atoms with Crippen molar-refractivity contribution >= 4 is 0 Å². The monoisotopic (exact) mass is 186 g/mol. The molecule has 3 nitrogen and oxygen atoms in total.